The van der Waals surface area contributed by atoms with Gasteiger partial charge in [-0.25, -0.2) is 0 Å². The van der Waals surface area contributed by atoms with Crippen molar-refractivity contribution in [2.75, 3.05) is 5.73 Å². The van der Waals surface area contributed by atoms with Gasteiger partial charge in [-0.3, -0.25) is 0 Å². The Morgan fingerprint density at radius 3 is 2.10 bits per heavy atom. The lowest BCUT2D eigenvalue weighted by Gasteiger charge is -2.37. The summed E-state index contributed by atoms with van der Waals surface area (Å²) in [5, 5.41) is 14.3. The Balaban J connectivity index is 1.53. The summed E-state index contributed by atoms with van der Waals surface area (Å²) < 4.78 is 12.4. The van der Waals surface area contributed by atoms with Crippen LogP contribution in [0.25, 0.3) is 32.7 Å². The molecule has 0 saturated carbocycles. The van der Waals surface area contributed by atoms with E-state index in [9.17, 15) is 5.11 Å². The Bertz CT molecular complexity index is 1950. The van der Waals surface area contributed by atoms with Crippen LogP contribution in [0.1, 0.15) is 40.7 Å². The van der Waals surface area contributed by atoms with Crippen molar-refractivity contribution in [3.63, 3.8) is 0 Å². The van der Waals surface area contributed by atoms with E-state index >= 15 is 0 Å². The third-order valence-electron chi connectivity index (χ3n) is 8.34. The number of nitrogen functional groups attached to an aromatic ring is 1. The molecule has 0 fully saturated rings. The minimum absolute atomic E-state index is 0.155. The first kappa shape index (κ1) is 22.4. The molecule has 3 N–H and O–H groups in total. The fourth-order valence-corrected chi connectivity index (χ4v) is 7.06. The highest BCUT2D eigenvalue weighted by molar-refractivity contribution is 7.90. The second kappa shape index (κ2) is 7.95. The topological polar surface area (TPSA) is 64.7 Å². The van der Waals surface area contributed by atoms with Crippen molar-refractivity contribution in [2.45, 2.75) is 12.8 Å². The van der Waals surface area contributed by atoms with Crippen LogP contribution in [0.3, 0.4) is 0 Å². The lowest BCUT2D eigenvalue weighted by Crippen LogP contribution is -2.20. The highest BCUT2D eigenvalue weighted by Crippen LogP contribution is 2.59. The summed E-state index contributed by atoms with van der Waals surface area (Å²) in [4.78, 5) is 0. The second-order valence-electron chi connectivity index (χ2n) is 10.2. The third-order valence-corrected chi connectivity index (χ3v) is 8.82. The first-order chi connectivity index (χ1) is 19.1. The molecule has 0 amide bonds. The second-order valence-corrected chi connectivity index (χ2v) is 10.7. The molecule has 188 valence electrons. The summed E-state index contributed by atoms with van der Waals surface area (Å²) in [5.41, 5.74) is 16.8. The number of hydrogen-bond acceptors (Lipinski definition) is 5. The van der Waals surface area contributed by atoms with E-state index in [1.807, 2.05) is 30.3 Å². The van der Waals surface area contributed by atoms with E-state index < -0.39 is 0 Å². The SMILES string of the molecule is C=C1C(=C2c3ccccc3C(C)c3ccccc32)C2=C1c1c3c(O)cccc3c(N)c3cccc(c13)OSO2. The van der Waals surface area contributed by atoms with Gasteiger partial charge in [0.1, 0.15) is 11.5 Å². The number of hydrogen-bond donors (Lipinski definition) is 2. The average Bonchev–Trinajstić information content (AvgIpc) is 2.95. The maximum Gasteiger partial charge on any atom is 0.293 e. The maximum absolute atomic E-state index is 11.2. The number of anilines is 1. The molecular formula is C34H23NO3S. The summed E-state index contributed by atoms with van der Waals surface area (Å²) in [7, 11) is 0. The Kier molecular flexibility index (Phi) is 4.56. The number of rotatable bonds is 0. The molecule has 1 aliphatic heterocycles. The minimum atomic E-state index is 0.155. The van der Waals surface area contributed by atoms with Gasteiger partial charge in [-0.1, -0.05) is 86.3 Å². The summed E-state index contributed by atoms with van der Waals surface area (Å²) in [5.74, 6) is 1.75. The van der Waals surface area contributed by atoms with E-state index in [0.717, 1.165) is 56.3 Å². The Labute approximate surface area is 230 Å². The quantitative estimate of drug-likeness (QED) is 0.121. The zero-order valence-corrected chi connectivity index (χ0v) is 21.9. The van der Waals surface area contributed by atoms with Gasteiger partial charge in [-0.05, 0) is 40.0 Å². The van der Waals surface area contributed by atoms with Crippen molar-refractivity contribution in [1.29, 1.82) is 0 Å². The zero-order chi connectivity index (χ0) is 26.4. The molecule has 0 radical (unpaired) electrons. The van der Waals surface area contributed by atoms with E-state index in [2.05, 4.69) is 62.0 Å². The summed E-state index contributed by atoms with van der Waals surface area (Å²) >= 11 is 0.941. The van der Waals surface area contributed by atoms with Crippen molar-refractivity contribution in [3.05, 3.63) is 136 Å². The highest BCUT2D eigenvalue weighted by atomic mass is 32.2. The zero-order valence-electron chi connectivity index (χ0n) is 21.1. The molecule has 0 unspecified atom stereocenters. The Morgan fingerprint density at radius 1 is 0.744 bits per heavy atom. The Morgan fingerprint density at radius 2 is 1.38 bits per heavy atom. The molecule has 0 bridgehead atoms. The van der Waals surface area contributed by atoms with Crippen molar-refractivity contribution in [1.82, 2.24) is 0 Å². The lowest BCUT2D eigenvalue weighted by atomic mass is 9.69. The smallest absolute Gasteiger partial charge is 0.293 e. The average molecular weight is 526 g/mol. The molecule has 5 aromatic rings. The summed E-state index contributed by atoms with van der Waals surface area (Å²) in [6.07, 6.45) is 0. The summed E-state index contributed by atoms with van der Waals surface area (Å²) in [6.45, 7) is 6.86. The molecule has 3 aliphatic rings. The molecule has 0 atom stereocenters. The van der Waals surface area contributed by atoms with E-state index in [-0.39, 0.29) is 11.7 Å². The van der Waals surface area contributed by atoms with Crippen molar-refractivity contribution < 1.29 is 13.5 Å². The fraction of sp³-hybridized carbons (Fsp3) is 0.0588. The fourth-order valence-electron chi connectivity index (χ4n) is 6.58. The van der Waals surface area contributed by atoms with Gasteiger partial charge in [0.25, 0.3) is 12.3 Å². The van der Waals surface area contributed by atoms with E-state index in [1.165, 1.54) is 22.3 Å². The normalized spacial score (nSPS) is 17.5. The van der Waals surface area contributed by atoms with Crippen LogP contribution in [0.15, 0.2) is 108 Å². The summed E-state index contributed by atoms with van der Waals surface area (Å²) in [6, 6.07) is 28.4. The van der Waals surface area contributed by atoms with Crippen LogP contribution >= 0.6 is 12.3 Å². The molecule has 5 aromatic carbocycles. The van der Waals surface area contributed by atoms with Gasteiger partial charge in [0.2, 0.25) is 0 Å². The van der Waals surface area contributed by atoms with Gasteiger partial charge in [-0.15, -0.1) is 0 Å². The molecule has 2 aliphatic carbocycles. The molecule has 0 saturated heterocycles. The van der Waals surface area contributed by atoms with Gasteiger partial charge in [0.15, 0.2) is 5.76 Å². The minimum Gasteiger partial charge on any atom is -0.507 e. The van der Waals surface area contributed by atoms with Gasteiger partial charge in [0, 0.05) is 55.4 Å². The lowest BCUT2D eigenvalue weighted by molar-refractivity contribution is 0.454. The van der Waals surface area contributed by atoms with Gasteiger partial charge in [-0.2, -0.15) is 0 Å². The third kappa shape index (κ3) is 2.85. The predicted octanol–water partition coefficient (Wildman–Crippen LogP) is 8.50. The molecular weight excluding hydrogens is 502 g/mol. The number of nitrogens with two attached hydrogens (primary N) is 1. The van der Waals surface area contributed by atoms with Gasteiger partial charge in [0.05, 0.1) is 0 Å². The van der Waals surface area contributed by atoms with Crippen LogP contribution in [-0.4, -0.2) is 5.11 Å². The molecule has 5 heteroatoms. The molecule has 8 rings (SSSR count). The number of benzene rings is 5. The van der Waals surface area contributed by atoms with E-state index in [1.54, 1.807) is 6.07 Å². The number of fused-ring (bicyclic) bond motifs is 5. The van der Waals surface area contributed by atoms with Crippen molar-refractivity contribution >= 4 is 50.7 Å². The maximum atomic E-state index is 11.2. The van der Waals surface area contributed by atoms with E-state index in [4.69, 9.17) is 14.1 Å². The van der Waals surface area contributed by atoms with Crippen LogP contribution < -0.4 is 9.92 Å². The molecule has 0 spiro atoms. The number of allylic oxidation sites excluding steroid dienone is 2. The first-order valence-corrected chi connectivity index (χ1v) is 13.6. The van der Waals surface area contributed by atoms with Crippen LogP contribution in [0.4, 0.5) is 5.69 Å². The van der Waals surface area contributed by atoms with Crippen LogP contribution in [0.2, 0.25) is 0 Å². The Hall–Kier alpha value is -4.61. The van der Waals surface area contributed by atoms with Crippen LogP contribution in [-0.2, 0) is 4.18 Å². The first-order valence-electron chi connectivity index (χ1n) is 12.9. The van der Waals surface area contributed by atoms with E-state index in [0.29, 0.717) is 22.6 Å². The molecule has 39 heavy (non-hydrogen) atoms. The number of phenols is 1. The number of phenolic OH excluding ortho intramolecular Hbond substituents is 1. The molecule has 4 nitrogen and oxygen atoms in total. The van der Waals surface area contributed by atoms with Crippen LogP contribution in [0, 0.1) is 0 Å². The monoisotopic (exact) mass is 525 g/mol. The number of aromatic hydroxyl groups is 1. The van der Waals surface area contributed by atoms with Gasteiger partial charge >= 0.3 is 0 Å². The highest BCUT2D eigenvalue weighted by Gasteiger charge is 2.41. The van der Waals surface area contributed by atoms with Gasteiger partial charge < -0.3 is 19.2 Å². The van der Waals surface area contributed by atoms with Crippen molar-refractivity contribution in [2.24, 2.45) is 0 Å². The molecule has 1 heterocycles. The largest absolute Gasteiger partial charge is 0.507 e. The molecule has 0 aromatic heterocycles. The van der Waals surface area contributed by atoms with Crippen molar-refractivity contribution in [3.8, 4) is 11.5 Å². The van der Waals surface area contributed by atoms with Crippen LogP contribution in [0.5, 0.6) is 11.5 Å². The standard InChI is InChI=1S/C34H23NO3S/c1-17-19-9-3-5-11-21(19)29(22-12-6-4-10-20(17)22)27-18(2)28-32-30-23(13-7-15-25(30)36)33(35)24-14-8-16-26(31(24)32)37-39-38-34(27)28/h3-17,36H,2,35H2,1H3. The predicted molar refractivity (Wildman–Crippen MR) is 159 cm³/mol.